The molecule has 1 saturated heterocycles. The van der Waals surface area contributed by atoms with Gasteiger partial charge in [0, 0.05) is 24.3 Å². The summed E-state index contributed by atoms with van der Waals surface area (Å²) in [6.45, 7) is 2.22. The van der Waals surface area contributed by atoms with Crippen LogP contribution in [-0.4, -0.2) is 45.8 Å². The highest BCUT2D eigenvalue weighted by atomic mass is 19.4. The Morgan fingerprint density at radius 2 is 1.97 bits per heavy atom. The highest BCUT2D eigenvalue weighted by Gasteiger charge is 2.50. The second kappa shape index (κ2) is 7.73. The van der Waals surface area contributed by atoms with E-state index in [1.807, 2.05) is 11.8 Å². The molecule has 10 heteroatoms. The summed E-state index contributed by atoms with van der Waals surface area (Å²) >= 11 is 0. The van der Waals surface area contributed by atoms with Gasteiger partial charge in [-0.2, -0.15) is 13.2 Å². The van der Waals surface area contributed by atoms with E-state index in [2.05, 4.69) is 15.3 Å². The molecule has 0 aliphatic carbocycles. The van der Waals surface area contributed by atoms with Gasteiger partial charge in [0.2, 0.25) is 0 Å². The number of pyridine rings is 2. The Hall–Kier alpha value is -3.66. The number of fused-ring (bicyclic) bond motifs is 4. The molecule has 2 aromatic heterocycles. The zero-order valence-electron chi connectivity index (χ0n) is 17.5. The number of aromatic nitrogens is 2. The van der Waals surface area contributed by atoms with Crippen molar-refractivity contribution in [2.24, 2.45) is 0 Å². The van der Waals surface area contributed by atoms with Crippen LogP contribution in [0.4, 0.5) is 35.3 Å². The maximum atomic E-state index is 13.3. The fourth-order valence-electron chi connectivity index (χ4n) is 4.52. The molecule has 5 rings (SSSR count). The number of urea groups is 1. The first-order valence-corrected chi connectivity index (χ1v) is 10.4. The summed E-state index contributed by atoms with van der Waals surface area (Å²) in [5.74, 6) is 0.610. The summed E-state index contributed by atoms with van der Waals surface area (Å²) in [5, 5.41) is 13.4. The number of aliphatic hydroxyl groups excluding tert-OH is 1. The van der Waals surface area contributed by atoms with Gasteiger partial charge in [0.15, 0.2) is 5.82 Å². The molecular weight excluding hydrogens is 435 g/mol. The van der Waals surface area contributed by atoms with E-state index in [-0.39, 0.29) is 17.4 Å². The fraction of sp³-hybridized carbons (Fsp3) is 0.261. The van der Waals surface area contributed by atoms with Crippen LogP contribution in [0.2, 0.25) is 0 Å². The Balaban J connectivity index is 1.58. The van der Waals surface area contributed by atoms with Crippen LogP contribution in [0.5, 0.6) is 0 Å². The molecule has 2 aliphatic heterocycles. The third-order valence-corrected chi connectivity index (χ3v) is 6.06. The van der Waals surface area contributed by atoms with Gasteiger partial charge in [-0.1, -0.05) is 18.2 Å². The van der Waals surface area contributed by atoms with Crippen molar-refractivity contribution in [3.8, 4) is 11.3 Å². The van der Waals surface area contributed by atoms with E-state index in [9.17, 15) is 23.1 Å². The van der Waals surface area contributed by atoms with Gasteiger partial charge in [0.05, 0.1) is 29.1 Å². The Kier molecular flexibility index (Phi) is 4.97. The van der Waals surface area contributed by atoms with E-state index < -0.39 is 29.9 Å². The number of hydrogen-bond acceptors (Lipinski definition) is 5. The van der Waals surface area contributed by atoms with Crippen LogP contribution in [0, 0.1) is 0 Å². The lowest BCUT2D eigenvalue weighted by atomic mass is 10.0. The van der Waals surface area contributed by atoms with Gasteiger partial charge in [0.25, 0.3) is 0 Å². The van der Waals surface area contributed by atoms with E-state index in [0.29, 0.717) is 23.7 Å². The van der Waals surface area contributed by atoms with Crippen molar-refractivity contribution < 1.29 is 23.1 Å². The number of halogens is 3. The van der Waals surface area contributed by atoms with Crippen molar-refractivity contribution in [1.29, 1.82) is 0 Å². The third-order valence-electron chi connectivity index (χ3n) is 6.06. The second-order valence-electron chi connectivity index (χ2n) is 8.08. The number of nitrogens with zero attached hydrogens (tertiary/aromatic N) is 4. The molecule has 1 aromatic carbocycles. The van der Waals surface area contributed by atoms with Gasteiger partial charge < -0.3 is 10.0 Å². The van der Waals surface area contributed by atoms with E-state index in [1.54, 1.807) is 36.5 Å². The van der Waals surface area contributed by atoms with Crippen LogP contribution in [0.1, 0.15) is 12.5 Å². The van der Waals surface area contributed by atoms with E-state index >= 15 is 0 Å². The van der Waals surface area contributed by atoms with E-state index in [0.717, 1.165) is 12.1 Å². The molecule has 7 nitrogen and oxygen atoms in total. The minimum Gasteiger partial charge on any atom is -0.389 e. The number of benzene rings is 1. The summed E-state index contributed by atoms with van der Waals surface area (Å²) in [6.07, 6.45) is -3.76. The summed E-state index contributed by atoms with van der Waals surface area (Å²) in [5.41, 5.74) is 0.415. The van der Waals surface area contributed by atoms with E-state index in [4.69, 9.17) is 0 Å². The zero-order chi connectivity index (χ0) is 23.3. The first-order chi connectivity index (χ1) is 15.7. The lowest BCUT2D eigenvalue weighted by Crippen LogP contribution is -2.55. The largest absolute Gasteiger partial charge is 0.416 e. The van der Waals surface area contributed by atoms with Crippen molar-refractivity contribution >= 4 is 23.4 Å². The maximum Gasteiger partial charge on any atom is 0.416 e. The number of hydrogen-bond donors (Lipinski definition) is 2. The van der Waals surface area contributed by atoms with Crippen molar-refractivity contribution in [2.75, 3.05) is 21.7 Å². The second-order valence-corrected chi connectivity index (χ2v) is 8.08. The first-order valence-electron chi connectivity index (χ1n) is 10.4. The molecule has 0 unspecified atom stereocenters. The third kappa shape index (κ3) is 3.66. The van der Waals surface area contributed by atoms with Gasteiger partial charge in [-0.15, -0.1) is 0 Å². The zero-order valence-corrected chi connectivity index (χ0v) is 17.5. The number of aliphatic hydroxyl groups is 1. The van der Waals surface area contributed by atoms with Crippen LogP contribution in [-0.2, 0) is 6.18 Å². The normalized spacial score (nSPS) is 21.7. The predicted octanol–water partition coefficient (Wildman–Crippen LogP) is 4.15. The van der Waals surface area contributed by atoms with Crippen LogP contribution in [0.15, 0.2) is 60.8 Å². The van der Waals surface area contributed by atoms with Gasteiger partial charge in [-0.05, 0) is 43.3 Å². The molecule has 2 N–H and O–H groups in total. The van der Waals surface area contributed by atoms with Crippen molar-refractivity contribution in [2.45, 2.75) is 31.3 Å². The van der Waals surface area contributed by atoms with Gasteiger partial charge in [0.1, 0.15) is 5.82 Å². The first kappa shape index (κ1) is 21.2. The number of carbonyl (C=O) groups is 1. The smallest absolute Gasteiger partial charge is 0.389 e. The number of alkyl halides is 3. The average molecular weight is 455 g/mol. The molecule has 4 heterocycles. The van der Waals surface area contributed by atoms with Gasteiger partial charge in [-0.3, -0.25) is 10.2 Å². The highest BCUT2D eigenvalue weighted by Crippen LogP contribution is 2.43. The summed E-state index contributed by atoms with van der Waals surface area (Å²) in [6, 6.07) is 12.0. The maximum absolute atomic E-state index is 13.3. The highest BCUT2D eigenvalue weighted by molar-refractivity contribution is 6.04. The Morgan fingerprint density at radius 1 is 1.15 bits per heavy atom. The van der Waals surface area contributed by atoms with Gasteiger partial charge >= 0.3 is 12.2 Å². The average Bonchev–Trinajstić information content (AvgIpc) is 3.00. The molecule has 33 heavy (non-hydrogen) atoms. The Bertz CT molecular complexity index is 1200. The molecular formula is C23H20F3N5O2. The summed E-state index contributed by atoms with van der Waals surface area (Å²) < 4.78 is 39.6. The molecule has 1 fully saturated rings. The minimum atomic E-state index is -4.48. The van der Waals surface area contributed by atoms with Crippen molar-refractivity contribution in [1.82, 2.24) is 9.97 Å². The lowest BCUT2D eigenvalue weighted by molar-refractivity contribution is -0.137. The minimum absolute atomic E-state index is 0.178. The molecule has 3 atom stereocenters. The molecule has 170 valence electrons. The molecule has 2 amide bonds. The summed E-state index contributed by atoms with van der Waals surface area (Å²) in [4.78, 5) is 25.3. The van der Waals surface area contributed by atoms with Crippen molar-refractivity contribution in [3.63, 3.8) is 0 Å². The van der Waals surface area contributed by atoms with Crippen molar-refractivity contribution in [3.05, 3.63) is 66.4 Å². The predicted molar refractivity (Wildman–Crippen MR) is 117 cm³/mol. The quantitative estimate of drug-likeness (QED) is 0.607. The van der Waals surface area contributed by atoms with Crippen LogP contribution >= 0.6 is 0 Å². The van der Waals surface area contributed by atoms with Crippen LogP contribution in [0.25, 0.3) is 11.3 Å². The number of anilines is 3. The number of amides is 2. The lowest BCUT2D eigenvalue weighted by Gasteiger charge is -2.40. The molecule has 0 saturated carbocycles. The number of rotatable bonds is 2. The summed E-state index contributed by atoms with van der Waals surface area (Å²) in [7, 11) is 0. The number of nitrogens with one attached hydrogen (secondary N) is 1. The topological polar surface area (TPSA) is 81.6 Å². The monoisotopic (exact) mass is 455 g/mol. The van der Waals surface area contributed by atoms with Gasteiger partial charge in [-0.25, -0.2) is 14.8 Å². The Labute approximate surface area is 187 Å². The van der Waals surface area contributed by atoms with E-state index in [1.165, 1.54) is 17.0 Å². The SMILES string of the molecule is C[C@H]1[C@@H]2[C@@H](O)CN1c1ccc(-c3cccc(C(F)(F)F)c3)nc1N2C(=O)Nc1ccccn1. The molecule has 2 bridgehead atoms. The number of carbonyl (C=O) groups excluding carboxylic acids is 1. The molecule has 0 spiro atoms. The Morgan fingerprint density at radius 3 is 2.70 bits per heavy atom. The molecule has 0 radical (unpaired) electrons. The fourth-order valence-corrected chi connectivity index (χ4v) is 4.52. The van der Waals surface area contributed by atoms with Crippen LogP contribution < -0.4 is 15.1 Å². The molecule has 2 aliphatic rings. The standard InChI is InChI=1S/C23H20F3N5O2/c1-13-20-18(32)12-30(13)17-9-8-16(14-5-4-6-15(11-14)23(24,25)26)28-21(17)31(20)22(33)29-19-7-2-3-10-27-19/h2-11,13,18,20,32H,12H2,1H3,(H,27,29,33)/t13-,18-,20+/m0/s1. The van der Waals surface area contributed by atoms with Crippen LogP contribution in [0.3, 0.4) is 0 Å². The molecule has 3 aromatic rings.